The molecule has 1 aliphatic rings. The van der Waals surface area contributed by atoms with Gasteiger partial charge in [-0.3, -0.25) is 0 Å². The molecule has 1 aromatic heterocycles. The minimum Gasteiger partial charge on any atom is -0.495 e. The smallest absolute Gasteiger partial charge is 0.142 e. The van der Waals surface area contributed by atoms with Crippen LogP contribution in [0.3, 0.4) is 0 Å². The van der Waals surface area contributed by atoms with E-state index in [1.807, 2.05) is 6.07 Å². The van der Waals surface area contributed by atoms with Crippen molar-refractivity contribution in [3.05, 3.63) is 29.0 Å². The fourth-order valence-corrected chi connectivity index (χ4v) is 3.25. The number of nitrogens with one attached hydrogen (secondary N) is 1. The van der Waals surface area contributed by atoms with Crippen LogP contribution in [0, 0.1) is 6.92 Å². The standard InChI is InChI=1S/C15H20N2O/c1-9-6-7-12(18-2)15-13(9)14-10(8-16)4-3-5-11(14)17-15/h6-7,10,17H,3-5,8,16H2,1-2H3. The van der Waals surface area contributed by atoms with Crippen LogP contribution in [0.15, 0.2) is 12.1 Å². The maximum absolute atomic E-state index is 5.94. The molecule has 1 aromatic carbocycles. The maximum atomic E-state index is 5.94. The Morgan fingerprint density at radius 2 is 2.28 bits per heavy atom. The molecule has 3 rings (SSSR count). The van der Waals surface area contributed by atoms with Crippen molar-refractivity contribution in [1.29, 1.82) is 0 Å². The molecular weight excluding hydrogens is 224 g/mol. The van der Waals surface area contributed by atoms with E-state index in [4.69, 9.17) is 10.5 Å². The van der Waals surface area contributed by atoms with Gasteiger partial charge in [0, 0.05) is 11.1 Å². The Bertz CT molecular complexity index is 586. The van der Waals surface area contributed by atoms with Gasteiger partial charge in [-0.25, -0.2) is 0 Å². The molecule has 0 fully saturated rings. The number of hydrogen-bond acceptors (Lipinski definition) is 2. The van der Waals surface area contributed by atoms with Crippen LogP contribution in [0.2, 0.25) is 0 Å². The van der Waals surface area contributed by atoms with Crippen molar-refractivity contribution in [2.24, 2.45) is 5.73 Å². The second-order valence-electron chi connectivity index (χ2n) is 5.18. The van der Waals surface area contributed by atoms with Gasteiger partial charge < -0.3 is 15.5 Å². The largest absolute Gasteiger partial charge is 0.495 e. The molecule has 96 valence electrons. The molecule has 1 aliphatic carbocycles. The van der Waals surface area contributed by atoms with E-state index in [1.165, 1.54) is 35.0 Å². The number of nitrogens with two attached hydrogens (primary N) is 1. The number of aromatic nitrogens is 1. The fraction of sp³-hybridized carbons (Fsp3) is 0.467. The van der Waals surface area contributed by atoms with E-state index in [2.05, 4.69) is 18.0 Å². The first-order valence-corrected chi connectivity index (χ1v) is 6.64. The lowest BCUT2D eigenvalue weighted by atomic mass is 9.84. The third kappa shape index (κ3) is 1.54. The van der Waals surface area contributed by atoms with Gasteiger partial charge in [-0.1, -0.05) is 6.07 Å². The molecule has 1 heterocycles. The molecule has 3 nitrogen and oxygen atoms in total. The van der Waals surface area contributed by atoms with Crippen molar-refractivity contribution in [2.45, 2.75) is 32.1 Å². The normalized spacial score (nSPS) is 18.9. The Hall–Kier alpha value is -1.48. The van der Waals surface area contributed by atoms with Gasteiger partial charge in [0.25, 0.3) is 0 Å². The van der Waals surface area contributed by atoms with Gasteiger partial charge in [0.15, 0.2) is 0 Å². The summed E-state index contributed by atoms with van der Waals surface area (Å²) in [5.41, 5.74) is 11.2. The number of aryl methyl sites for hydroxylation is 2. The summed E-state index contributed by atoms with van der Waals surface area (Å²) < 4.78 is 5.47. The topological polar surface area (TPSA) is 51.0 Å². The van der Waals surface area contributed by atoms with Crippen LogP contribution in [0.4, 0.5) is 0 Å². The Morgan fingerprint density at radius 1 is 1.44 bits per heavy atom. The first kappa shape index (κ1) is 11.6. The zero-order chi connectivity index (χ0) is 12.7. The number of ether oxygens (including phenoxy) is 1. The van der Waals surface area contributed by atoms with Crippen molar-refractivity contribution >= 4 is 10.9 Å². The minimum atomic E-state index is 0.494. The molecule has 1 atom stereocenters. The molecule has 3 heteroatoms. The minimum absolute atomic E-state index is 0.494. The average Bonchev–Trinajstić information content (AvgIpc) is 2.79. The first-order chi connectivity index (χ1) is 8.76. The number of methoxy groups -OCH3 is 1. The van der Waals surface area contributed by atoms with Crippen LogP contribution < -0.4 is 10.5 Å². The number of benzene rings is 1. The lowest BCUT2D eigenvalue weighted by molar-refractivity contribution is 0.419. The quantitative estimate of drug-likeness (QED) is 0.853. The van der Waals surface area contributed by atoms with Crippen molar-refractivity contribution in [3.8, 4) is 5.75 Å². The average molecular weight is 244 g/mol. The molecule has 0 bridgehead atoms. The summed E-state index contributed by atoms with van der Waals surface area (Å²) in [4.78, 5) is 3.56. The first-order valence-electron chi connectivity index (χ1n) is 6.64. The molecule has 1 unspecified atom stereocenters. The number of aromatic amines is 1. The highest BCUT2D eigenvalue weighted by atomic mass is 16.5. The predicted molar refractivity (Wildman–Crippen MR) is 74.3 cm³/mol. The second-order valence-corrected chi connectivity index (χ2v) is 5.18. The maximum Gasteiger partial charge on any atom is 0.142 e. The van der Waals surface area contributed by atoms with E-state index in [9.17, 15) is 0 Å². The van der Waals surface area contributed by atoms with Crippen molar-refractivity contribution in [1.82, 2.24) is 4.98 Å². The highest BCUT2D eigenvalue weighted by Crippen LogP contribution is 2.40. The molecule has 0 aliphatic heterocycles. The number of fused-ring (bicyclic) bond motifs is 3. The summed E-state index contributed by atoms with van der Waals surface area (Å²) in [6, 6.07) is 4.18. The van der Waals surface area contributed by atoms with Crippen LogP contribution in [0.1, 0.15) is 35.6 Å². The van der Waals surface area contributed by atoms with Gasteiger partial charge in [-0.2, -0.15) is 0 Å². The highest BCUT2D eigenvalue weighted by Gasteiger charge is 2.25. The lowest BCUT2D eigenvalue weighted by Gasteiger charge is -2.21. The second kappa shape index (κ2) is 4.32. The summed E-state index contributed by atoms with van der Waals surface area (Å²) in [7, 11) is 1.73. The number of rotatable bonds is 2. The van der Waals surface area contributed by atoms with Crippen LogP contribution >= 0.6 is 0 Å². The molecule has 0 saturated carbocycles. The van der Waals surface area contributed by atoms with Crippen molar-refractivity contribution in [3.63, 3.8) is 0 Å². The van der Waals surface area contributed by atoms with Crippen LogP contribution in [0.25, 0.3) is 10.9 Å². The molecule has 2 aromatic rings. The van der Waals surface area contributed by atoms with E-state index in [-0.39, 0.29) is 0 Å². The Labute approximate surface area is 107 Å². The number of hydrogen-bond donors (Lipinski definition) is 2. The molecule has 0 spiro atoms. The van der Waals surface area contributed by atoms with Gasteiger partial charge in [0.1, 0.15) is 5.75 Å². The SMILES string of the molecule is COc1ccc(C)c2c3c([nH]c12)CCCC3CN. The molecule has 0 radical (unpaired) electrons. The molecular formula is C15H20N2O. The van der Waals surface area contributed by atoms with E-state index >= 15 is 0 Å². The summed E-state index contributed by atoms with van der Waals surface area (Å²) in [6.45, 7) is 2.90. The summed E-state index contributed by atoms with van der Waals surface area (Å²) in [5, 5.41) is 1.33. The highest BCUT2D eigenvalue weighted by molar-refractivity contribution is 5.93. The van der Waals surface area contributed by atoms with Gasteiger partial charge >= 0.3 is 0 Å². The van der Waals surface area contributed by atoms with Crippen LogP contribution in [-0.4, -0.2) is 18.6 Å². The monoisotopic (exact) mass is 244 g/mol. The van der Waals surface area contributed by atoms with E-state index in [0.717, 1.165) is 24.2 Å². The Kier molecular flexibility index (Phi) is 2.78. The van der Waals surface area contributed by atoms with E-state index in [1.54, 1.807) is 7.11 Å². The van der Waals surface area contributed by atoms with Gasteiger partial charge in [0.05, 0.1) is 12.6 Å². The molecule has 0 saturated heterocycles. The van der Waals surface area contributed by atoms with E-state index in [0.29, 0.717) is 5.92 Å². The van der Waals surface area contributed by atoms with Gasteiger partial charge in [-0.15, -0.1) is 0 Å². The van der Waals surface area contributed by atoms with Gasteiger partial charge in [-0.05, 0) is 55.8 Å². The number of H-pyrrole nitrogens is 1. The zero-order valence-electron chi connectivity index (χ0n) is 11.0. The van der Waals surface area contributed by atoms with E-state index < -0.39 is 0 Å². The zero-order valence-corrected chi connectivity index (χ0v) is 11.0. The van der Waals surface area contributed by atoms with Crippen LogP contribution in [0.5, 0.6) is 5.75 Å². The third-order valence-electron chi connectivity index (χ3n) is 4.14. The third-order valence-corrected chi connectivity index (χ3v) is 4.14. The summed E-state index contributed by atoms with van der Waals surface area (Å²) >= 11 is 0. The summed E-state index contributed by atoms with van der Waals surface area (Å²) in [6.07, 6.45) is 3.55. The van der Waals surface area contributed by atoms with Gasteiger partial charge in [0.2, 0.25) is 0 Å². The van der Waals surface area contributed by atoms with Crippen LogP contribution in [-0.2, 0) is 6.42 Å². The molecule has 18 heavy (non-hydrogen) atoms. The van der Waals surface area contributed by atoms with Crippen molar-refractivity contribution < 1.29 is 4.74 Å². The Balaban J connectivity index is 2.33. The summed E-state index contributed by atoms with van der Waals surface area (Å²) in [5.74, 6) is 1.43. The predicted octanol–water partition coefficient (Wildman–Crippen LogP) is 2.86. The lowest BCUT2D eigenvalue weighted by Crippen LogP contribution is -2.17. The fourth-order valence-electron chi connectivity index (χ4n) is 3.25. The molecule has 3 N–H and O–H groups in total. The Morgan fingerprint density at radius 3 is 3.00 bits per heavy atom. The molecule has 0 amide bonds. The van der Waals surface area contributed by atoms with Crippen molar-refractivity contribution in [2.75, 3.05) is 13.7 Å².